The first-order chi connectivity index (χ1) is 11.7. The Morgan fingerprint density at radius 3 is 2.50 bits per heavy atom. The molecule has 0 bridgehead atoms. The molecule has 0 unspecified atom stereocenters. The second-order valence-corrected chi connectivity index (χ2v) is 6.01. The maximum atomic E-state index is 12.6. The molecule has 1 aliphatic heterocycles. The summed E-state index contributed by atoms with van der Waals surface area (Å²) in [5, 5.41) is 3.06. The minimum Gasteiger partial charge on any atom is -0.347 e. The van der Waals surface area contributed by atoms with Gasteiger partial charge >= 0.3 is 0 Å². The third kappa shape index (κ3) is 2.46. The number of amides is 1. The molecule has 1 amide bonds. The van der Waals surface area contributed by atoms with Crippen LogP contribution in [0, 0.1) is 0 Å². The minimum absolute atomic E-state index is 0.0950. The molecule has 0 fully saturated rings. The highest BCUT2D eigenvalue weighted by molar-refractivity contribution is 6.05. The molecule has 1 N–H and O–H groups in total. The molecule has 0 radical (unpaired) electrons. The Kier molecular flexibility index (Phi) is 3.58. The van der Waals surface area contributed by atoms with Crippen molar-refractivity contribution in [3.05, 3.63) is 78.1 Å². The molecule has 4 heteroatoms. The average molecular weight is 317 g/mol. The lowest BCUT2D eigenvalue weighted by atomic mass is 10.1. The van der Waals surface area contributed by atoms with E-state index < -0.39 is 0 Å². The Hall–Kier alpha value is -3.01. The van der Waals surface area contributed by atoms with Crippen molar-refractivity contribution in [2.75, 3.05) is 16.8 Å². The first-order valence-electron chi connectivity index (χ1n) is 8.11. The zero-order valence-electron chi connectivity index (χ0n) is 13.6. The fraction of sp³-hybridized carbons (Fsp3) is 0.150. The van der Waals surface area contributed by atoms with Crippen LogP contribution in [0.5, 0.6) is 0 Å². The van der Waals surface area contributed by atoms with Crippen molar-refractivity contribution < 1.29 is 4.79 Å². The minimum atomic E-state index is -0.0950. The second-order valence-electron chi connectivity index (χ2n) is 6.01. The summed E-state index contributed by atoms with van der Waals surface area (Å²) >= 11 is 0. The molecule has 24 heavy (non-hydrogen) atoms. The Morgan fingerprint density at radius 1 is 0.958 bits per heavy atom. The van der Waals surface area contributed by atoms with E-state index in [-0.39, 0.29) is 5.91 Å². The highest BCUT2D eigenvalue weighted by Gasteiger charge is 2.22. The number of aromatic nitrogens is 1. The fourth-order valence-corrected chi connectivity index (χ4v) is 3.29. The molecule has 0 atom stereocenters. The van der Waals surface area contributed by atoms with Gasteiger partial charge in [0.2, 0.25) is 0 Å². The average Bonchev–Trinajstić information content (AvgIpc) is 3.21. The normalized spacial score (nSPS) is 13.0. The SMILES string of the molecule is Cn1cccc1C(=O)Nc1ccccc1N1CCc2ccccc21. The number of hydrogen-bond donors (Lipinski definition) is 1. The van der Waals surface area contributed by atoms with Crippen molar-refractivity contribution in [3.63, 3.8) is 0 Å². The highest BCUT2D eigenvalue weighted by atomic mass is 16.1. The van der Waals surface area contributed by atoms with Crippen LogP contribution in [0.2, 0.25) is 0 Å². The predicted molar refractivity (Wildman–Crippen MR) is 97.0 cm³/mol. The Bertz CT molecular complexity index is 897. The molecule has 4 rings (SSSR count). The van der Waals surface area contributed by atoms with Crippen molar-refractivity contribution in [1.82, 2.24) is 4.57 Å². The van der Waals surface area contributed by atoms with Crippen LogP contribution in [0.4, 0.5) is 17.1 Å². The Balaban J connectivity index is 1.67. The number of carbonyl (C=O) groups is 1. The smallest absolute Gasteiger partial charge is 0.272 e. The summed E-state index contributed by atoms with van der Waals surface area (Å²) in [6.45, 7) is 0.927. The summed E-state index contributed by atoms with van der Waals surface area (Å²) in [6, 6.07) is 20.1. The fourth-order valence-electron chi connectivity index (χ4n) is 3.29. The van der Waals surface area contributed by atoms with E-state index in [0.717, 1.165) is 24.3 Å². The predicted octanol–water partition coefficient (Wildman–Crippen LogP) is 3.97. The van der Waals surface area contributed by atoms with Gasteiger partial charge in [-0.05, 0) is 42.3 Å². The van der Waals surface area contributed by atoms with Crippen LogP contribution in [-0.4, -0.2) is 17.0 Å². The maximum absolute atomic E-state index is 12.6. The first-order valence-corrected chi connectivity index (χ1v) is 8.11. The molecule has 4 nitrogen and oxygen atoms in total. The summed E-state index contributed by atoms with van der Waals surface area (Å²) in [6.07, 6.45) is 2.90. The molecule has 2 aromatic carbocycles. The van der Waals surface area contributed by atoms with Crippen LogP contribution in [0.1, 0.15) is 16.1 Å². The number of fused-ring (bicyclic) bond motifs is 1. The van der Waals surface area contributed by atoms with Gasteiger partial charge in [-0.1, -0.05) is 30.3 Å². The number of aryl methyl sites for hydroxylation is 1. The van der Waals surface area contributed by atoms with Crippen LogP contribution in [-0.2, 0) is 13.5 Å². The van der Waals surface area contributed by atoms with Gasteiger partial charge in [0, 0.05) is 25.5 Å². The molecule has 0 saturated heterocycles. The summed E-state index contributed by atoms with van der Waals surface area (Å²) in [7, 11) is 1.87. The summed E-state index contributed by atoms with van der Waals surface area (Å²) in [5.74, 6) is -0.0950. The van der Waals surface area contributed by atoms with E-state index in [9.17, 15) is 4.79 Å². The zero-order valence-corrected chi connectivity index (χ0v) is 13.6. The quantitative estimate of drug-likeness (QED) is 0.793. The van der Waals surface area contributed by atoms with Crippen molar-refractivity contribution in [2.45, 2.75) is 6.42 Å². The highest BCUT2D eigenvalue weighted by Crippen LogP contribution is 2.38. The van der Waals surface area contributed by atoms with Crippen LogP contribution in [0.3, 0.4) is 0 Å². The van der Waals surface area contributed by atoms with E-state index >= 15 is 0 Å². The molecule has 1 aromatic heterocycles. The van der Waals surface area contributed by atoms with E-state index in [4.69, 9.17) is 0 Å². The Labute approximate surface area is 141 Å². The lowest BCUT2D eigenvalue weighted by Gasteiger charge is -2.23. The molecule has 1 aliphatic rings. The van der Waals surface area contributed by atoms with Gasteiger partial charge in [-0.2, -0.15) is 0 Å². The summed E-state index contributed by atoms with van der Waals surface area (Å²) in [5.41, 5.74) is 5.08. The third-order valence-electron chi connectivity index (χ3n) is 4.51. The lowest BCUT2D eigenvalue weighted by Crippen LogP contribution is -2.19. The zero-order chi connectivity index (χ0) is 16.5. The van der Waals surface area contributed by atoms with Crippen molar-refractivity contribution in [3.8, 4) is 0 Å². The second kappa shape index (κ2) is 5.89. The van der Waals surface area contributed by atoms with Gasteiger partial charge < -0.3 is 14.8 Å². The molecular formula is C20H19N3O. The van der Waals surface area contributed by atoms with Gasteiger partial charge in [0.15, 0.2) is 0 Å². The first kappa shape index (κ1) is 14.6. The van der Waals surface area contributed by atoms with Gasteiger partial charge in [-0.3, -0.25) is 4.79 Å². The number of anilines is 3. The number of rotatable bonds is 3. The van der Waals surface area contributed by atoms with Gasteiger partial charge in [-0.15, -0.1) is 0 Å². The summed E-state index contributed by atoms with van der Waals surface area (Å²) in [4.78, 5) is 14.8. The van der Waals surface area contributed by atoms with Gasteiger partial charge in [0.1, 0.15) is 5.69 Å². The molecule has 2 heterocycles. The van der Waals surface area contributed by atoms with Crippen molar-refractivity contribution >= 4 is 23.0 Å². The number of para-hydroxylation sites is 3. The van der Waals surface area contributed by atoms with Crippen molar-refractivity contribution in [1.29, 1.82) is 0 Å². The Morgan fingerprint density at radius 2 is 1.71 bits per heavy atom. The van der Waals surface area contributed by atoms with E-state index in [2.05, 4.69) is 40.5 Å². The van der Waals surface area contributed by atoms with Crippen LogP contribution >= 0.6 is 0 Å². The van der Waals surface area contributed by atoms with Gasteiger partial charge in [0.25, 0.3) is 5.91 Å². The number of nitrogens with zero attached hydrogens (tertiary/aromatic N) is 2. The van der Waals surface area contributed by atoms with Gasteiger partial charge in [-0.25, -0.2) is 0 Å². The van der Waals surface area contributed by atoms with Crippen LogP contribution in [0.25, 0.3) is 0 Å². The third-order valence-corrected chi connectivity index (χ3v) is 4.51. The van der Waals surface area contributed by atoms with E-state index in [1.54, 1.807) is 0 Å². The maximum Gasteiger partial charge on any atom is 0.272 e. The molecule has 0 saturated carbocycles. The van der Waals surface area contributed by atoms with E-state index in [0.29, 0.717) is 5.69 Å². The monoisotopic (exact) mass is 317 g/mol. The largest absolute Gasteiger partial charge is 0.347 e. The van der Waals surface area contributed by atoms with Crippen LogP contribution < -0.4 is 10.2 Å². The van der Waals surface area contributed by atoms with E-state index in [1.165, 1.54) is 11.3 Å². The van der Waals surface area contributed by atoms with Crippen molar-refractivity contribution in [2.24, 2.45) is 7.05 Å². The van der Waals surface area contributed by atoms with Gasteiger partial charge in [0.05, 0.1) is 11.4 Å². The van der Waals surface area contributed by atoms with E-state index in [1.807, 2.05) is 48.1 Å². The number of carbonyl (C=O) groups excluding carboxylic acids is 1. The molecule has 3 aromatic rings. The lowest BCUT2D eigenvalue weighted by molar-refractivity contribution is 0.101. The summed E-state index contributed by atoms with van der Waals surface area (Å²) < 4.78 is 1.82. The topological polar surface area (TPSA) is 37.3 Å². The van der Waals surface area contributed by atoms with Crippen LogP contribution in [0.15, 0.2) is 66.9 Å². The molecular weight excluding hydrogens is 298 g/mol. The molecule has 120 valence electrons. The number of hydrogen-bond acceptors (Lipinski definition) is 2. The standard InChI is InChI=1S/C20H19N3O/c1-22-13-6-11-19(22)20(24)21-16-8-3-5-10-18(16)23-14-12-15-7-2-4-9-17(15)23/h2-11,13H,12,14H2,1H3,(H,21,24). The molecule has 0 spiro atoms. The number of benzene rings is 2. The molecule has 0 aliphatic carbocycles. The number of nitrogens with one attached hydrogen (secondary N) is 1.